The lowest BCUT2D eigenvalue weighted by Crippen LogP contribution is -2.30. The molecule has 1 aromatic heterocycles. The molecule has 0 aliphatic carbocycles. The van der Waals surface area contributed by atoms with Crippen molar-refractivity contribution in [1.82, 2.24) is 14.8 Å². The molecule has 2 aromatic rings. The van der Waals surface area contributed by atoms with Crippen LogP contribution in [0.5, 0.6) is 0 Å². The molecule has 5 nitrogen and oxygen atoms in total. The van der Waals surface area contributed by atoms with Gasteiger partial charge in [-0.05, 0) is 42.2 Å². The van der Waals surface area contributed by atoms with Crippen LogP contribution in [-0.4, -0.2) is 15.3 Å². The molecule has 3 N–H and O–H groups in total. The summed E-state index contributed by atoms with van der Waals surface area (Å²) < 4.78 is 18.5. The summed E-state index contributed by atoms with van der Waals surface area (Å²) in [5.74, 6) is 5.32. The van der Waals surface area contributed by atoms with E-state index in [0.717, 1.165) is 4.34 Å². The number of carbonyl (C=O) groups is 1. The molecule has 0 spiro atoms. The normalized spacial score (nSPS) is 10.5. The van der Waals surface area contributed by atoms with Crippen LogP contribution in [0, 0.1) is 12.7 Å². The number of thioether (sulfide) groups is 1. The summed E-state index contributed by atoms with van der Waals surface area (Å²) in [6, 6.07) is 4.13. The highest BCUT2D eigenvalue weighted by Crippen LogP contribution is 2.25. The monoisotopic (exact) mass is 298 g/mol. The molecule has 0 unspecified atom stereocenters. The van der Waals surface area contributed by atoms with Crippen LogP contribution in [0.4, 0.5) is 4.39 Å². The van der Waals surface area contributed by atoms with E-state index in [4.69, 9.17) is 5.84 Å². The number of hydrazine groups is 1. The molecule has 1 heterocycles. The fourth-order valence-electron chi connectivity index (χ4n) is 1.39. The smallest absolute Gasteiger partial charge is 0.265 e. The molecule has 0 radical (unpaired) electrons. The van der Waals surface area contributed by atoms with Crippen LogP contribution in [0.15, 0.2) is 22.5 Å². The number of halogens is 1. The molecule has 0 fully saturated rings. The van der Waals surface area contributed by atoms with Gasteiger partial charge in [0.25, 0.3) is 5.91 Å². The molecule has 19 heavy (non-hydrogen) atoms. The van der Waals surface area contributed by atoms with E-state index in [0.29, 0.717) is 22.7 Å². The maximum absolute atomic E-state index is 13.6. The number of carbonyl (C=O) groups excluding carboxylic acids is 1. The average molecular weight is 298 g/mol. The molecule has 0 saturated heterocycles. The van der Waals surface area contributed by atoms with E-state index in [1.54, 1.807) is 6.92 Å². The first-order valence-electron chi connectivity index (χ1n) is 5.32. The van der Waals surface area contributed by atoms with Crippen LogP contribution >= 0.6 is 23.3 Å². The van der Waals surface area contributed by atoms with E-state index in [1.165, 1.54) is 41.5 Å². The summed E-state index contributed by atoms with van der Waals surface area (Å²) in [4.78, 5) is 15.5. The summed E-state index contributed by atoms with van der Waals surface area (Å²) in [6.45, 7) is 1.80. The van der Waals surface area contributed by atoms with Crippen LogP contribution in [0.3, 0.4) is 0 Å². The molecule has 0 aliphatic rings. The predicted octanol–water partition coefficient (Wildman–Crippen LogP) is 1.88. The number of rotatable bonds is 4. The predicted molar refractivity (Wildman–Crippen MR) is 72.3 cm³/mol. The Hall–Kier alpha value is -1.51. The van der Waals surface area contributed by atoms with Crippen LogP contribution in [0.2, 0.25) is 0 Å². The lowest BCUT2D eigenvalue weighted by molar-refractivity contribution is 0.0953. The molecule has 8 heteroatoms. The lowest BCUT2D eigenvalue weighted by Gasteiger charge is -2.04. The standard InChI is InChI=1S/C11H11FN4OS2/c1-6-14-11(19-16-6)18-5-8-4-7(10(17)15-13)2-3-9(8)12/h2-4H,5,13H2,1H3,(H,15,17). The topological polar surface area (TPSA) is 80.9 Å². The van der Waals surface area contributed by atoms with Crippen molar-refractivity contribution >= 4 is 29.2 Å². The second-order valence-electron chi connectivity index (χ2n) is 3.68. The Balaban J connectivity index is 2.12. The average Bonchev–Trinajstić information content (AvgIpc) is 2.82. The maximum atomic E-state index is 13.6. The van der Waals surface area contributed by atoms with Gasteiger partial charge in [-0.1, -0.05) is 11.8 Å². The molecule has 0 bridgehead atoms. The van der Waals surface area contributed by atoms with Gasteiger partial charge < -0.3 is 0 Å². The number of aryl methyl sites for hydroxylation is 1. The van der Waals surface area contributed by atoms with Crippen molar-refractivity contribution in [2.24, 2.45) is 5.84 Å². The van der Waals surface area contributed by atoms with E-state index in [-0.39, 0.29) is 5.82 Å². The zero-order valence-electron chi connectivity index (χ0n) is 10.0. The zero-order chi connectivity index (χ0) is 13.8. The summed E-state index contributed by atoms with van der Waals surface area (Å²) in [7, 11) is 0. The Bertz CT molecular complexity index is 602. The van der Waals surface area contributed by atoms with Gasteiger partial charge in [-0.3, -0.25) is 10.2 Å². The van der Waals surface area contributed by atoms with Crippen molar-refractivity contribution in [2.75, 3.05) is 0 Å². The molecule has 1 amide bonds. The third kappa shape index (κ3) is 3.49. The quantitative estimate of drug-likeness (QED) is 0.390. The largest absolute Gasteiger partial charge is 0.290 e. The minimum absolute atomic E-state index is 0.327. The summed E-state index contributed by atoms with van der Waals surface area (Å²) >= 11 is 2.65. The number of aromatic nitrogens is 2. The van der Waals surface area contributed by atoms with E-state index in [2.05, 4.69) is 9.36 Å². The number of benzene rings is 1. The number of nitrogens with one attached hydrogen (secondary N) is 1. The van der Waals surface area contributed by atoms with Gasteiger partial charge in [0.1, 0.15) is 11.6 Å². The van der Waals surface area contributed by atoms with E-state index < -0.39 is 5.91 Å². The molecular weight excluding hydrogens is 287 g/mol. The fourth-order valence-corrected chi connectivity index (χ4v) is 3.01. The lowest BCUT2D eigenvalue weighted by atomic mass is 10.1. The van der Waals surface area contributed by atoms with E-state index in [9.17, 15) is 9.18 Å². The molecule has 0 aliphatic heterocycles. The van der Waals surface area contributed by atoms with Crippen molar-refractivity contribution in [2.45, 2.75) is 17.0 Å². The van der Waals surface area contributed by atoms with Gasteiger partial charge >= 0.3 is 0 Å². The Morgan fingerprint density at radius 1 is 1.58 bits per heavy atom. The summed E-state index contributed by atoms with van der Waals surface area (Å²) in [5, 5.41) is 0. The summed E-state index contributed by atoms with van der Waals surface area (Å²) in [6.07, 6.45) is 0. The first kappa shape index (κ1) is 13.9. The van der Waals surface area contributed by atoms with Crippen LogP contribution in [0.25, 0.3) is 0 Å². The van der Waals surface area contributed by atoms with Crippen molar-refractivity contribution in [3.63, 3.8) is 0 Å². The van der Waals surface area contributed by atoms with Crippen LogP contribution in [0.1, 0.15) is 21.7 Å². The number of amides is 1. The van der Waals surface area contributed by atoms with E-state index in [1.807, 2.05) is 5.43 Å². The van der Waals surface area contributed by atoms with Crippen LogP contribution in [-0.2, 0) is 5.75 Å². The minimum Gasteiger partial charge on any atom is -0.290 e. The Morgan fingerprint density at radius 2 is 2.37 bits per heavy atom. The third-order valence-corrected chi connectivity index (χ3v) is 4.27. The van der Waals surface area contributed by atoms with E-state index >= 15 is 0 Å². The van der Waals surface area contributed by atoms with Crippen molar-refractivity contribution in [3.8, 4) is 0 Å². The van der Waals surface area contributed by atoms with Crippen molar-refractivity contribution in [3.05, 3.63) is 41.0 Å². The maximum Gasteiger partial charge on any atom is 0.265 e. The highest BCUT2D eigenvalue weighted by Gasteiger charge is 2.10. The Morgan fingerprint density at radius 3 is 3.00 bits per heavy atom. The molecule has 0 atom stereocenters. The SMILES string of the molecule is Cc1nsc(SCc2cc(C(=O)NN)ccc2F)n1. The minimum atomic E-state index is -0.446. The Kier molecular flexibility index (Phi) is 4.46. The van der Waals surface area contributed by atoms with Crippen LogP contribution < -0.4 is 11.3 Å². The number of nitrogens with two attached hydrogens (primary N) is 1. The first-order chi connectivity index (χ1) is 9.10. The van der Waals surface area contributed by atoms with Gasteiger partial charge in [0.15, 0.2) is 4.34 Å². The highest BCUT2D eigenvalue weighted by atomic mass is 32.2. The number of hydrogen-bond donors (Lipinski definition) is 2. The highest BCUT2D eigenvalue weighted by molar-refractivity contribution is 8.00. The number of hydrogen-bond acceptors (Lipinski definition) is 6. The Labute approximate surface area is 117 Å². The second-order valence-corrected chi connectivity index (χ2v) is 5.65. The molecule has 100 valence electrons. The molecular formula is C11H11FN4OS2. The molecule has 2 rings (SSSR count). The molecule has 1 aromatic carbocycles. The van der Waals surface area contributed by atoms with Gasteiger partial charge in [-0.2, -0.15) is 4.37 Å². The van der Waals surface area contributed by atoms with Crippen molar-refractivity contribution in [1.29, 1.82) is 0 Å². The first-order valence-corrected chi connectivity index (χ1v) is 7.08. The zero-order valence-corrected chi connectivity index (χ0v) is 11.6. The van der Waals surface area contributed by atoms with Gasteiger partial charge in [0.05, 0.1) is 0 Å². The summed E-state index contributed by atoms with van der Waals surface area (Å²) in [5.41, 5.74) is 2.77. The third-order valence-electron chi connectivity index (χ3n) is 2.30. The van der Waals surface area contributed by atoms with Gasteiger partial charge in [-0.15, -0.1) is 0 Å². The number of nitrogen functional groups attached to an aromatic ring is 1. The molecule has 0 saturated carbocycles. The van der Waals surface area contributed by atoms with Gasteiger partial charge in [0, 0.05) is 11.3 Å². The fraction of sp³-hybridized carbons (Fsp3) is 0.182. The van der Waals surface area contributed by atoms with Gasteiger partial charge in [0.2, 0.25) is 0 Å². The number of nitrogens with zero attached hydrogens (tertiary/aromatic N) is 2. The second kappa shape index (κ2) is 6.09. The van der Waals surface area contributed by atoms with Gasteiger partial charge in [-0.25, -0.2) is 15.2 Å². The van der Waals surface area contributed by atoms with Crippen molar-refractivity contribution < 1.29 is 9.18 Å².